The zero-order valence-corrected chi connectivity index (χ0v) is 22.0. The van der Waals surface area contributed by atoms with E-state index in [1.165, 1.54) is 0 Å². The summed E-state index contributed by atoms with van der Waals surface area (Å²) in [6.45, 7) is 3.01. The van der Waals surface area contributed by atoms with Crippen LogP contribution >= 0.6 is 0 Å². The standard InChI is InChI=1S/C30H33F3N4O2/c1-39-27-14-8-13-26(35-27)37-19-17-36(18-20-37)16-7-6-15-29(28(38)34-21-30(31,32)33)24-11-4-2-9-22(24)23-10-3-5-12-25(23)29/h2-5,8-14H,6-7,15-21H2,1H3,(H,34,38). The van der Waals surface area contributed by atoms with E-state index in [-0.39, 0.29) is 0 Å². The molecule has 1 aliphatic carbocycles. The molecule has 0 bridgehead atoms. The molecule has 1 N–H and O–H groups in total. The second kappa shape index (κ2) is 11.3. The van der Waals surface area contributed by atoms with Gasteiger partial charge in [0.1, 0.15) is 17.8 Å². The summed E-state index contributed by atoms with van der Waals surface area (Å²) in [6, 6.07) is 20.9. The second-order valence-corrected chi connectivity index (χ2v) is 10.1. The van der Waals surface area contributed by atoms with Gasteiger partial charge >= 0.3 is 6.18 Å². The molecule has 0 radical (unpaired) electrons. The number of fused-ring (bicyclic) bond motifs is 3. The first kappa shape index (κ1) is 27.0. The molecule has 1 amide bonds. The van der Waals surface area contributed by atoms with Crippen LogP contribution in [0.25, 0.3) is 11.1 Å². The molecule has 1 saturated heterocycles. The van der Waals surface area contributed by atoms with Crippen LogP contribution in [0.5, 0.6) is 5.88 Å². The van der Waals surface area contributed by atoms with Gasteiger partial charge in [0, 0.05) is 32.2 Å². The van der Waals surface area contributed by atoms with Crippen molar-refractivity contribution in [3.63, 3.8) is 0 Å². The van der Waals surface area contributed by atoms with E-state index in [0.29, 0.717) is 18.7 Å². The molecule has 5 rings (SSSR count). The van der Waals surface area contributed by atoms with E-state index in [2.05, 4.69) is 20.1 Å². The highest BCUT2D eigenvalue weighted by Crippen LogP contribution is 2.51. The Morgan fingerprint density at radius 3 is 2.18 bits per heavy atom. The monoisotopic (exact) mass is 538 g/mol. The minimum absolute atomic E-state index is 0.443. The Balaban J connectivity index is 1.26. The van der Waals surface area contributed by atoms with Crippen molar-refractivity contribution in [2.45, 2.75) is 30.9 Å². The topological polar surface area (TPSA) is 57.7 Å². The molecule has 1 fully saturated rings. The number of nitrogens with one attached hydrogen (secondary N) is 1. The van der Waals surface area contributed by atoms with Crippen molar-refractivity contribution < 1.29 is 22.7 Å². The van der Waals surface area contributed by atoms with E-state index < -0.39 is 24.0 Å². The number of halogens is 3. The van der Waals surface area contributed by atoms with Gasteiger partial charge in [-0.05, 0) is 47.7 Å². The lowest BCUT2D eigenvalue weighted by molar-refractivity contribution is -0.141. The number of nitrogens with zero attached hydrogens (tertiary/aromatic N) is 3. The first-order valence-electron chi connectivity index (χ1n) is 13.3. The van der Waals surface area contributed by atoms with Gasteiger partial charge in [-0.3, -0.25) is 9.69 Å². The van der Waals surface area contributed by atoms with Gasteiger partial charge in [-0.2, -0.15) is 18.2 Å². The van der Waals surface area contributed by atoms with Crippen molar-refractivity contribution in [3.05, 3.63) is 77.9 Å². The van der Waals surface area contributed by atoms with Crippen LogP contribution in [0.2, 0.25) is 0 Å². The number of piperazine rings is 1. The molecular weight excluding hydrogens is 505 g/mol. The van der Waals surface area contributed by atoms with Crippen LogP contribution in [-0.2, 0) is 10.2 Å². The van der Waals surface area contributed by atoms with Crippen molar-refractivity contribution in [2.75, 3.05) is 51.3 Å². The van der Waals surface area contributed by atoms with Gasteiger partial charge in [0.25, 0.3) is 0 Å². The lowest BCUT2D eigenvalue weighted by atomic mass is 9.73. The summed E-state index contributed by atoms with van der Waals surface area (Å²) in [5, 5.41) is 2.21. The third-order valence-electron chi connectivity index (χ3n) is 7.79. The molecule has 3 aromatic rings. The van der Waals surface area contributed by atoms with Crippen LogP contribution in [0.1, 0.15) is 30.4 Å². The Bertz CT molecular complexity index is 1260. The molecule has 2 aliphatic rings. The van der Waals surface area contributed by atoms with Crippen molar-refractivity contribution in [1.29, 1.82) is 0 Å². The molecule has 1 aromatic heterocycles. The Hall–Kier alpha value is -3.59. The van der Waals surface area contributed by atoms with E-state index in [4.69, 9.17) is 4.74 Å². The van der Waals surface area contributed by atoms with Crippen LogP contribution in [-0.4, -0.2) is 68.3 Å². The number of hydrogen-bond acceptors (Lipinski definition) is 5. The third-order valence-corrected chi connectivity index (χ3v) is 7.79. The molecule has 1 aliphatic heterocycles. The molecule has 6 nitrogen and oxygen atoms in total. The maximum absolute atomic E-state index is 13.6. The first-order chi connectivity index (χ1) is 18.8. The van der Waals surface area contributed by atoms with Gasteiger partial charge in [0.2, 0.25) is 11.8 Å². The van der Waals surface area contributed by atoms with Gasteiger partial charge < -0.3 is 15.0 Å². The molecule has 39 heavy (non-hydrogen) atoms. The van der Waals surface area contributed by atoms with Crippen molar-refractivity contribution in [3.8, 4) is 17.0 Å². The van der Waals surface area contributed by atoms with E-state index in [9.17, 15) is 18.0 Å². The molecule has 2 heterocycles. The lowest BCUT2D eigenvalue weighted by Gasteiger charge is -2.36. The van der Waals surface area contributed by atoms with Gasteiger partial charge in [-0.1, -0.05) is 61.0 Å². The van der Waals surface area contributed by atoms with Crippen LogP contribution in [0.15, 0.2) is 66.7 Å². The number of ether oxygens (including phenoxy) is 1. The average molecular weight is 539 g/mol. The number of anilines is 1. The minimum Gasteiger partial charge on any atom is -0.481 e. The Kier molecular flexibility index (Phi) is 7.79. The smallest absolute Gasteiger partial charge is 0.405 e. The quantitative estimate of drug-likeness (QED) is 0.388. The van der Waals surface area contributed by atoms with Gasteiger partial charge in [-0.25, -0.2) is 0 Å². The molecule has 0 unspecified atom stereocenters. The van der Waals surface area contributed by atoms with E-state index in [1.807, 2.05) is 66.7 Å². The Morgan fingerprint density at radius 2 is 1.56 bits per heavy atom. The summed E-state index contributed by atoms with van der Waals surface area (Å²) in [5.41, 5.74) is 2.25. The van der Waals surface area contributed by atoms with Crippen molar-refractivity contribution in [2.24, 2.45) is 0 Å². The van der Waals surface area contributed by atoms with E-state index >= 15 is 0 Å². The second-order valence-electron chi connectivity index (χ2n) is 10.1. The minimum atomic E-state index is -4.48. The fraction of sp³-hybridized carbons (Fsp3) is 0.400. The predicted molar refractivity (Wildman–Crippen MR) is 145 cm³/mol. The zero-order valence-electron chi connectivity index (χ0n) is 22.0. The summed E-state index contributed by atoms with van der Waals surface area (Å²) >= 11 is 0. The molecule has 206 valence electrons. The summed E-state index contributed by atoms with van der Waals surface area (Å²) in [4.78, 5) is 22.8. The zero-order chi connectivity index (χ0) is 27.5. The molecular formula is C30H33F3N4O2. The summed E-state index contributed by atoms with van der Waals surface area (Å²) < 4.78 is 44.5. The number of aromatic nitrogens is 1. The number of rotatable bonds is 9. The maximum atomic E-state index is 13.6. The van der Waals surface area contributed by atoms with Gasteiger partial charge in [0.15, 0.2) is 0 Å². The SMILES string of the molecule is COc1cccc(N2CCN(CCCCC3(C(=O)NCC(F)(F)F)c4ccccc4-c4ccccc43)CC2)n1. The molecule has 0 atom stereocenters. The molecule has 0 saturated carbocycles. The summed E-state index contributed by atoms with van der Waals surface area (Å²) in [6.07, 6.45) is -2.48. The van der Waals surface area contributed by atoms with Gasteiger partial charge in [0.05, 0.1) is 7.11 Å². The van der Waals surface area contributed by atoms with Crippen LogP contribution in [0.4, 0.5) is 19.0 Å². The number of carbonyl (C=O) groups excluding carboxylic acids is 1. The Labute approximate surface area is 226 Å². The maximum Gasteiger partial charge on any atom is 0.405 e. The lowest BCUT2D eigenvalue weighted by Crippen LogP contribution is -2.48. The highest BCUT2D eigenvalue weighted by Gasteiger charge is 2.49. The fourth-order valence-electron chi connectivity index (χ4n) is 5.90. The highest BCUT2D eigenvalue weighted by atomic mass is 19.4. The number of amides is 1. The third kappa shape index (κ3) is 5.59. The normalized spacial score (nSPS) is 16.5. The molecule has 9 heteroatoms. The first-order valence-corrected chi connectivity index (χ1v) is 13.3. The number of carbonyl (C=O) groups is 1. The number of hydrogen-bond donors (Lipinski definition) is 1. The predicted octanol–water partition coefficient (Wildman–Crippen LogP) is 5.03. The Morgan fingerprint density at radius 1 is 0.923 bits per heavy atom. The van der Waals surface area contributed by atoms with Crippen molar-refractivity contribution >= 4 is 11.7 Å². The van der Waals surface area contributed by atoms with Crippen LogP contribution < -0.4 is 15.0 Å². The van der Waals surface area contributed by atoms with Crippen molar-refractivity contribution in [1.82, 2.24) is 15.2 Å². The average Bonchev–Trinajstić information content (AvgIpc) is 3.25. The summed E-state index contributed by atoms with van der Waals surface area (Å²) in [5.74, 6) is 0.911. The van der Waals surface area contributed by atoms with E-state index in [1.54, 1.807) is 7.11 Å². The molecule has 2 aromatic carbocycles. The molecule has 0 spiro atoms. The van der Waals surface area contributed by atoms with E-state index in [0.717, 1.165) is 67.2 Å². The fourth-order valence-corrected chi connectivity index (χ4v) is 5.90. The number of methoxy groups -OCH3 is 1. The highest BCUT2D eigenvalue weighted by molar-refractivity contribution is 6.00. The van der Waals surface area contributed by atoms with Crippen LogP contribution in [0, 0.1) is 0 Å². The summed E-state index contributed by atoms with van der Waals surface area (Å²) in [7, 11) is 1.61. The number of alkyl halides is 3. The number of pyridine rings is 1. The van der Waals surface area contributed by atoms with Gasteiger partial charge in [-0.15, -0.1) is 0 Å². The number of benzene rings is 2. The number of unbranched alkanes of at least 4 members (excludes halogenated alkanes) is 1. The van der Waals surface area contributed by atoms with Crippen LogP contribution in [0.3, 0.4) is 0 Å². The largest absolute Gasteiger partial charge is 0.481 e.